The lowest BCUT2D eigenvalue weighted by molar-refractivity contribution is -0.122. The maximum absolute atomic E-state index is 13.7. The van der Waals surface area contributed by atoms with Gasteiger partial charge in [0.2, 0.25) is 5.91 Å². The molecule has 2 N–H and O–H groups in total. The summed E-state index contributed by atoms with van der Waals surface area (Å²) in [5, 5.41) is 12.7. The Kier molecular flexibility index (Phi) is 6.44. The second kappa shape index (κ2) is 9.50. The van der Waals surface area contributed by atoms with E-state index in [-0.39, 0.29) is 16.7 Å². The topological polar surface area (TPSA) is 113 Å². The van der Waals surface area contributed by atoms with E-state index in [1.807, 2.05) is 30.3 Å². The minimum Gasteiger partial charge on any atom is -0.478 e. The van der Waals surface area contributed by atoms with Crippen molar-refractivity contribution in [3.8, 4) is 0 Å². The number of rotatable bonds is 5. The molecule has 0 saturated carbocycles. The lowest BCUT2D eigenvalue weighted by Gasteiger charge is -2.16. The quantitative estimate of drug-likeness (QED) is 0.400. The molecule has 36 heavy (non-hydrogen) atoms. The average Bonchev–Trinajstić information content (AvgIpc) is 3.12. The fourth-order valence-electron chi connectivity index (χ4n) is 4.31. The van der Waals surface area contributed by atoms with Crippen molar-refractivity contribution in [2.24, 2.45) is 0 Å². The Labute approximate surface area is 207 Å². The highest BCUT2D eigenvalue weighted by Gasteiger charge is 2.38. The number of aromatic carboxylic acids is 1. The lowest BCUT2D eigenvalue weighted by Crippen LogP contribution is -2.31. The average molecular weight is 485 g/mol. The predicted octanol–water partition coefficient (Wildman–Crippen LogP) is 4.66. The minimum atomic E-state index is -1.03. The number of ether oxygens (including phenoxy) is 1. The zero-order chi connectivity index (χ0) is 26.1. The molecule has 0 atom stereocenters. The summed E-state index contributed by atoms with van der Waals surface area (Å²) in [6.07, 6.45) is 0. The number of aryl methyl sites for hydroxylation is 2. The van der Waals surface area contributed by atoms with E-state index in [9.17, 15) is 24.3 Å². The number of carbonyl (C=O) groups excluding carboxylic acids is 3. The smallest absolute Gasteiger partial charge is 0.338 e. The van der Waals surface area contributed by atoms with Crippen molar-refractivity contribution in [3.05, 3.63) is 94.0 Å². The Morgan fingerprint density at radius 1 is 0.917 bits per heavy atom. The molecular weight excluding hydrogens is 460 g/mol. The van der Waals surface area contributed by atoms with Crippen LogP contribution in [0.1, 0.15) is 49.9 Å². The van der Waals surface area contributed by atoms with Crippen molar-refractivity contribution in [2.75, 3.05) is 17.3 Å². The number of methoxy groups -OCH3 is 1. The van der Waals surface area contributed by atoms with Gasteiger partial charge in [-0.2, -0.15) is 0 Å². The Hall–Kier alpha value is -4.72. The van der Waals surface area contributed by atoms with Gasteiger partial charge in [0, 0.05) is 18.2 Å². The van der Waals surface area contributed by atoms with Crippen LogP contribution in [0.25, 0.3) is 11.3 Å². The molecule has 8 heteroatoms. The van der Waals surface area contributed by atoms with E-state index in [4.69, 9.17) is 4.74 Å². The van der Waals surface area contributed by atoms with Crippen molar-refractivity contribution in [3.63, 3.8) is 0 Å². The van der Waals surface area contributed by atoms with Crippen molar-refractivity contribution in [2.45, 2.75) is 20.8 Å². The molecule has 1 aliphatic heterocycles. The summed E-state index contributed by atoms with van der Waals surface area (Å²) >= 11 is 0. The number of anilines is 2. The van der Waals surface area contributed by atoms with Gasteiger partial charge >= 0.3 is 11.9 Å². The van der Waals surface area contributed by atoms with Gasteiger partial charge in [-0.1, -0.05) is 30.3 Å². The fraction of sp³-hybridized carbons (Fsp3) is 0.143. The monoisotopic (exact) mass is 484 g/mol. The summed E-state index contributed by atoms with van der Waals surface area (Å²) in [7, 11) is 1.27. The first-order chi connectivity index (χ1) is 17.1. The summed E-state index contributed by atoms with van der Waals surface area (Å²) < 4.78 is 4.87. The zero-order valence-corrected chi connectivity index (χ0v) is 20.2. The largest absolute Gasteiger partial charge is 0.478 e. The van der Waals surface area contributed by atoms with Gasteiger partial charge in [0.25, 0.3) is 5.91 Å². The number of nitrogens with zero attached hydrogens (tertiary/aromatic N) is 1. The first-order valence-electron chi connectivity index (χ1n) is 11.1. The number of benzene rings is 3. The van der Waals surface area contributed by atoms with E-state index < -0.39 is 23.8 Å². The maximum atomic E-state index is 13.7. The molecule has 0 saturated heterocycles. The van der Waals surface area contributed by atoms with Crippen LogP contribution >= 0.6 is 0 Å². The van der Waals surface area contributed by atoms with Crippen LogP contribution in [0.2, 0.25) is 0 Å². The summed E-state index contributed by atoms with van der Waals surface area (Å²) in [6.45, 7) is 4.70. The number of fused-ring (bicyclic) bond motifs is 1. The SMILES string of the molecule is COC(=O)c1cc2c(cc1C)C(=C(Nc1ccc(C(=O)O)c(C)c1)c1ccccc1)C(=O)N2C(C)=O. The van der Waals surface area contributed by atoms with Gasteiger partial charge in [-0.15, -0.1) is 0 Å². The van der Waals surface area contributed by atoms with Crippen LogP contribution in [0.4, 0.5) is 11.4 Å². The number of imide groups is 1. The maximum Gasteiger partial charge on any atom is 0.338 e. The molecule has 2 amide bonds. The minimum absolute atomic E-state index is 0.172. The molecule has 0 radical (unpaired) electrons. The molecule has 0 aliphatic carbocycles. The number of amides is 2. The molecule has 8 nitrogen and oxygen atoms in total. The number of carbonyl (C=O) groups is 4. The van der Waals surface area contributed by atoms with Gasteiger partial charge in [-0.05, 0) is 60.9 Å². The Bertz CT molecular complexity index is 1460. The molecule has 0 fully saturated rings. The highest BCUT2D eigenvalue weighted by atomic mass is 16.5. The third-order valence-electron chi connectivity index (χ3n) is 6.03. The Morgan fingerprint density at radius 2 is 1.58 bits per heavy atom. The molecule has 3 aromatic carbocycles. The fourth-order valence-corrected chi connectivity index (χ4v) is 4.31. The normalized spacial score (nSPS) is 13.8. The predicted molar refractivity (Wildman–Crippen MR) is 136 cm³/mol. The van der Waals surface area contributed by atoms with Crippen molar-refractivity contribution in [1.82, 2.24) is 0 Å². The number of esters is 1. The van der Waals surface area contributed by atoms with Gasteiger partial charge in [0.1, 0.15) is 0 Å². The molecule has 0 unspecified atom stereocenters. The Morgan fingerprint density at radius 3 is 2.17 bits per heavy atom. The molecule has 1 aliphatic rings. The highest BCUT2D eigenvalue weighted by Crippen LogP contribution is 2.43. The Balaban J connectivity index is 1.98. The second-order valence-corrected chi connectivity index (χ2v) is 8.41. The van der Waals surface area contributed by atoms with E-state index in [0.717, 1.165) is 4.90 Å². The summed E-state index contributed by atoms with van der Waals surface area (Å²) in [6, 6.07) is 17.1. The number of hydrogen-bond acceptors (Lipinski definition) is 6. The molecule has 3 aromatic rings. The van der Waals surface area contributed by atoms with Crippen molar-refractivity contribution < 1.29 is 29.0 Å². The molecule has 4 rings (SSSR count). The van der Waals surface area contributed by atoms with E-state index in [1.165, 1.54) is 26.2 Å². The van der Waals surface area contributed by atoms with E-state index in [1.54, 1.807) is 32.0 Å². The summed E-state index contributed by atoms with van der Waals surface area (Å²) in [5.74, 6) is -2.64. The van der Waals surface area contributed by atoms with E-state index in [2.05, 4.69) is 5.32 Å². The van der Waals surface area contributed by atoms with Crippen LogP contribution in [0.3, 0.4) is 0 Å². The van der Waals surface area contributed by atoms with Gasteiger partial charge in [-0.25, -0.2) is 14.5 Å². The molecule has 0 bridgehead atoms. The summed E-state index contributed by atoms with van der Waals surface area (Å²) in [4.78, 5) is 51.0. The van der Waals surface area contributed by atoms with Crippen molar-refractivity contribution in [1.29, 1.82) is 0 Å². The molecular formula is C28H24N2O6. The second-order valence-electron chi connectivity index (χ2n) is 8.41. The zero-order valence-electron chi connectivity index (χ0n) is 20.2. The van der Waals surface area contributed by atoms with Crippen LogP contribution in [0.15, 0.2) is 60.7 Å². The molecule has 0 aromatic heterocycles. The molecule has 182 valence electrons. The third kappa shape index (κ3) is 4.24. The van der Waals surface area contributed by atoms with Crippen LogP contribution in [0.5, 0.6) is 0 Å². The van der Waals surface area contributed by atoms with Gasteiger partial charge in [0.15, 0.2) is 0 Å². The molecule has 1 heterocycles. The number of carboxylic acids is 1. The van der Waals surface area contributed by atoms with E-state index in [0.29, 0.717) is 39.3 Å². The van der Waals surface area contributed by atoms with Crippen LogP contribution in [-0.2, 0) is 14.3 Å². The van der Waals surface area contributed by atoms with Gasteiger partial charge in [-0.3, -0.25) is 9.59 Å². The lowest BCUT2D eigenvalue weighted by atomic mass is 9.96. The summed E-state index contributed by atoms with van der Waals surface area (Å²) in [5.41, 5.74) is 4.30. The standard InChI is InChI=1S/C28H24N2O6/c1-15-12-19(10-11-20(15)27(33)34)29-25(18-8-6-5-7-9-18)24-22-13-16(2)21(28(35)36-4)14-23(22)30(17(3)31)26(24)32/h5-14,29H,1-4H3,(H,33,34). The molecule has 0 spiro atoms. The van der Waals surface area contributed by atoms with Crippen LogP contribution in [-0.4, -0.2) is 36.0 Å². The highest BCUT2D eigenvalue weighted by molar-refractivity contribution is 6.44. The number of nitrogens with one attached hydrogen (secondary N) is 1. The van der Waals surface area contributed by atoms with Crippen LogP contribution in [0, 0.1) is 13.8 Å². The van der Waals surface area contributed by atoms with Crippen molar-refractivity contribution >= 4 is 46.4 Å². The van der Waals surface area contributed by atoms with E-state index >= 15 is 0 Å². The third-order valence-corrected chi connectivity index (χ3v) is 6.03. The van der Waals surface area contributed by atoms with Gasteiger partial charge < -0.3 is 15.2 Å². The van der Waals surface area contributed by atoms with Crippen LogP contribution < -0.4 is 10.2 Å². The first-order valence-corrected chi connectivity index (χ1v) is 11.1. The number of carboxylic acid groups (broad SMARTS) is 1. The van der Waals surface area contributed by atoms with Gasteiger partial charge in [0.05, 0.1) is 35.2 Å². The first kappa shape index (κ1) is 24.4. The number of hydrogen-bond donors (Lipinski definition) is 2.